The molecular weight excluding hydrogens is 379 g/mol. The molecular formula is C19H21BN2O7. The lowest BCUT2D eigenvalue weighted by Crippen LogP contribution is -2.48. The first kappa shape index (κ1) is 22.1. The highest BCUT2D eigenvalue weighted by molar-refractivity contribution is 6.43. The minimum atomic E-state index is -1.92. The number of carboxylic acids is 1. The number of benzene rings is 2. The summed E-state index contributed by atoms with van der Waals surface area (Å²) in [6.45, 7) is 0.408. The van der Waals surface area contributed by atoms with Gasteiger partial charge in [0.2, 0.25) is 5.91 Å². The summed E-state index contributed by atoms with van der Waals surface area (Å²) in [7, 11) is -1.92. The fourth-order valence-electron chi connectivity index (χ4n) is 2.88. The van der Waals surface area contributed by atoms with Crippen LogP contribution in [-0.2, 0) is 29.0 Å². The molecule has 2 aromatic rings. The number of para-hydroxylation sites is 1. The fourth-order valence-corrected chi connectivity index (χ4v) is 2.88. The van der Waals surface area contributed by atoms with Crippen LogP contribution in [0, 0.1) is 0 Å². The lowest BCUT2D eigenvalue weighted by molar-refractivity contribution is -0.121. The number of ether oxygens (including phenoxy) is 1. The highest BCUT2D eigenvalue weighted by atomic mass is 16.5. The van der Waals surface area contributed by atoms with Crippen molar-refractivity contribution >= 4 is 25.5 Å². The summed E-state index contributed by atoms with van der Waals surface area (Å²) in [6.07, 6.45) is -0.180. The van der Waals surface area contributed by atoms with Crippen molar-refractivity contribution in [3.05, 3.63) is 64.7 Å². The lowest BCUT2D eigenvalue weighted by atomic mass is 9.75. The standard InChI is InChI=1S/C19H21BN2O7/c21-10-13-4-1-3-12(7-13)8-17(24)22-16(20(27)28)9-14-5-2-6-15(19(25)26)18(14)29-11-23/h1-7,11,16,27-28H,8-10,21H2,(H,22,24)(H,25,26)/t16-/m0/s1. The number of carbonyl (C=O) groups is 3. The molecule has 0 aromatic heterocycles. The first-order valence-corrected chi connectivity index (χ1v) is 8.74. The van der Waals surface area contributed by atoms with E-state index in [0.717, 1.165) is 5.56 Å². The van der Waals surface area contributed by atoms with Gasteiger partial charge < -0.3 is 30.9 Å². The molecule has 1 atom stereocenters. The third-order valence-corrected chi connectivity index (χ3v) is 4.23. The van der Waals surface area contributed by atoms with Gasteiger partial charge in [-0.25, -0.2) is 4.79 Å². The second kappa shape index (κ2) is 10.4. The van der Waals surface area contributed by atoms with E-state index in [9.17, 15) is 29.5 Å². The number of nitrogens with two attached hydrogens (primary N) is 1. The number of rotatable bonds is 10. The number of nitrogens with one attached hydrogen (secondary N) is 1. The first-order valence-electron chi connectivity index (χ1n) is 8.74. The van der Waals surface area contributed by atoms with Crippen molar-refractivity contribution in [2.24, 2.45) is 5.73 Å². The molecule has 0 fully saturated rings. The number of carboxylic acid groups (broad SMARTS) is 1. The minimum absolute atomic E-state index is 0.01000. The van der Waals surface area contributed by atoms with Crippen LogP contribution in [0.3, 0.4) is 0 Å². The van der Waals surface area contributed by atoms with Crippen LogP contribution in [0.2, 0.25) is 0 Å². The van der Waals surface area contributed by atoms with Crippen molar-refractivity contribution in [3.63, 3.8) is 0 Å². The molecule has 2 aromatic carbocycles. The number of hydrogen-bond acceptors (Lipinski definition) is 7. The first-order chi connectivity index (χ1) is 13.8. The van der Waals surface area contributed by atoms with E-state index in [1.54, 1.807) is 18.2 Å². The third-order valence-electron chi connectivity index (χ3n) is 4.23. The molecule has 0 saturated heterocycles. The Morgan fingerprint density at radius 1 is 1.17 bits per heavy atom. The van der Waals surface area contributed by atoms with Crippen LogP contribution < -0.4 is 15.8 Å². The van der Waals surface area contributed by atoms with E-state index < -0.39 is 24.9 Å². The number of amides is 1. The smallest absolute Gasteiger partial charge is 0.475 e. The Labute approximate surface area is 167 Å². The zero-order valence-electron chi connectivity index (χ0n) is 15.4. The predicted molar refractivity (Wildman–Crippen MR) is 104 cm³/mol. The summed E-state index contributed by atoms with van der Waals surface area (Å²) in [5, 5.41) is 31.1. The molecule has 0 aliphatic rings. The molecule has 6 N–H and O–H groups in total. The van der Waals surface area contributed by atoms with Gasteiger partial charge in [0, 0.05) is 6.54 Å². The normalized spacial score (nSPS) is 11.4. The topological polar surface area (TPSA) is 159 Å². The average molecular weight is 400 g/mol. The Kier molecular flexibility index (Phi) is 7.90. The Balaban J connectivity index is 2.18. The monoisotopic (exact) mass is 400 g/mol. The fraction of sp³-hybridized carbons (Fsp3) is 0.211. The van der Waals surface area contributed by atoms with E-state index in [0.29, 0.717) is 12.1 Å². The molecule has 0 unspecified atom stereocenters. The minimum Gasteiger partial charge on any atom is -0.478 e. The van der Waals surface area contributed by atoms with Crippen LogP contribution in [0.25, 0.3) is 0 Å². The second-order valence-corrected chi connectivity index (χ2v) is 6.31. The van der Waals surface area contributed by atoms with E-state index in [-0.39, 0.29) is 36.2 Å². The molecule has 0 heterocycles. The third kappa shape index (κ3) is 6.14. The molecule has 0 radical (unpaired) electrons. The van der Waals surface area contributed by atoms with Gasteiger partial charge in [0.05, 0.1) is 12.4 Å². The number of aromatic carboxylic acids is 1. The lowest BCUT2D eigenvalue weighted by Gasteiger charge is -2.19. The van der Waals surface area contributed by atoms with Gasteiger partial charge in [-0.1, -0.05) is 36.4 Å². The Hall–Kier alpha value is -3.21. The summed E-state index contributed by atoms with van der Waals surface area (Å²) in [4.78, 5) is 34.4. The summed E-state index contributed by atoms with van der Waals surface area (Å²) in [5.41, 5.74) is 7.11. The van der Waals surface area contributed by atoms with Crippen molar-refractivity contribution in [2.45, 2.75) is 25.3 Å². The molecule has 0 bridgehead atoms. The molecule has 0 aliphatic heterocycles. The maximum atomic E-state index is 12.4. The van der Waals surface area contributed by atoms with Gasteiger partial charge in [0.1, 0.15) is 11.3 Å². The van der Waals surface area contributed by atoms with Crippen molar-refractivity contribution in [3.8, 4) is 5.75 Å². The van der Waals surface area contributed by atoms with Crippen LogP contribution in [0.4, 0.5) is 0 Å². The van der Waals surface area contributed by atoms with Gasteiger partial charge in [0.15, 0.2) is 0 Å². The zero-order chi connectivity index (χ0) is 21.4. The quantitative estimate of drug-likeness (QED) is 0.268. The van der Waals surface area contributed by atoms with E-state index >= 15 is 0 Å². The van der Waals surface area contributed by atoms with Gasteiger partial charge in [-0.3, -0.25) is 9.59 Å². The highest BCUT2D eigenvalue weighted by Gasteiger charge is 2.28. The molecule has 2 rings (SSSR count). The van der Waals surface area contributed by atoms with Gasteiger partial charge in [0.25, 0.3) is 6.47 Å². The van der Waals surface area contributed by atoms with Gasteiger partial charge in [-0.05, 0) is 29.2 Å². The van der Waals surface area contributed by atoms with Gasteiger partial charge in [-0.15, -0.1) is 0 Å². The Bertz CT molecular complexity index is 889. The van der Waals surface area contributed by atoms with E-state index in [1.807, 2.05) is 6.07 Å². The molecule has 152 valence electrons. The molecule has 10 heteroatoms. The van der Waals surface area contributed by atoms with Crippen LogP contribution >= 0.6 is 0 Å². The summed E-state index contributed by atoms with van der Waals surface area (Å²) >= 11 is 0. The van der Waals surface area contributed by atoms with E-state index in [2.05, 4.69) is 5.32 Å². The summed E-state index contributed by atoms with van der Waals surface area (Å²) < 4.78 is 4.79. The van der Waals surface area contributed by atoms with Gasteiger partial charge in [-0.2, -0.15) is 0 Å². The summed E-state index contributed by atoms with van der Waals surface area (Å²) in [5.74, 6) is -3.15. The predicted octanol–water partition coefficient (Wildman–Crippen LogP) is -0.339. The van der Waals surface area contributed by atoms with E-state index in [4.69, 9.17) is 10.5 Å². The number of hydrogen-bond donors (Lipinski definition) is 5. The molecule has 1 amide bonds. The molecule has 0 aliphatic carbocycles. The van der Waals surface area contributed by atoms with Gasteiger partial charge >= 0.3 is 13.1 Å². The molecule has 29 heavy (non-hydrogen) atoms. The second-order valence-electron chi connectivity index (χ2n) is 6.31. The van der Waals surface area contributed by atoms with Crippen molar-refractivity contribution in [1.82, 2.24) is 5.32 Å². The largest absolute Gasteiger partial charge is 0.478 e. The maximum Gasteiger partial charge on any atom is 0.475 e. The average Bonchev–Trinajstić information content (AvgIpc) is 2.68. The van der Waals surface area contributed by atoms with Crippen LogP contribution in [-0.4, -0.2) is 46.6 Å². The zero-order valence-corrected chi connectivity index (χ0v) is 15.4. The number of carbonyl (C=O) groups excluding carboxylic acids is 2. The SMILES string of the molecule is NCc1cccc(CC(=O)N[C@@H](Cc2cccc(C(=O)O)c2OC=O)B(O)O)c1. The van der Waals surface area contributed by atoms with Crippen LogP contribution in [0.15, 0.2) is 42.5 Å². The van der Waals surface area contributed by atoms with Crippen molar-refractivity contribution in [2.75, 3.05) is 0 Å². The Morgan fingerprint density at radius 3 is 2.48 bits per heavy atom. The van der Waals surface area contributed by atoms with Crippen LogP contribution in [0.1, 0.15) is 27.0 Å². The van der Waals surface area contributed by atoms with Crippen LogP contribution in [0.5, 0.6) is 5.75 Å². The molecule has 9 nitrogen and oxygen atoms in total. The Morgan fingerprint density at radius 2 is 1.86 bits per heavy atom. The van der Waals surface area contributed by atoms with Crippen molar-refractivity contribution in [1.29, 1.82) is 0 Å². The summed E-state index contributed by atoms with van der Waals surface area (Å²) in [6, 6.07) is 11.3. The molecule has 0 spiro atoms. The van der Waals surface area contributed by atoms with Crippen molar-refractivity contribution < 1.29 is 34.3 Å². The highest BCUT2D eigenvalue weighted by Crippen LogP contribution is 2.25. The maximum absolute atomic E-state index is 12.4. The molecule has 0 saturated carbocycles. The van der Waals surface area contributed by atoms with E-state index in [1.165, 1.54) is 18.2 Å².